The zero-order valence-corrected chi connectivity index (χ0v) is 16.7. The molecule has 150 valence electrons. The van der Waals surface area contributed by atoms with Gasteiger partial charge in [0.15, 0.2) is 6.61 Å². The van der Waals surface area contributed by atoms with Crippen molar-refractivity contribution in [2.24, 2.45) is 0 Å². The first-order chi connectivity index (χ1) is 14.7. The van der Waals surface area contributed by atoms with Gasteiger partial charge in [-0.15, -0.1) is 0 Å². The zero-order chi connectivity index (χ0) is 20.8. The van der Waals surface area contributed by atoms with Gasteiger partial charge in [-0.05, 0) is 42.0 Å². The van der Waals surface area contributed by atoms with Crippen LogP contribution in [0, 0.1) is 0 Å². The molecule has 3 aromatic carbocycles. The maximum atomic E-state index is 12.2. The normalized spacial score (nSPS) is 10.6. The molecule has 0 fully saturated rings. The number of amides is 1. The molecule has 7 heteroatoms. The highest BCUT2D eigenvalue weighted by Gasteiger charge is 2.15. The first-order valence-corrected chi connectivity index (χ1v) is 9.69. The Kier molecular flexibility index (Phi) is 6.06. The Morgan fingerprint density at radius 3 is 2.50 bits per heavy atom. The second-order valence-electron chi connectivity index (χ2n) is 6.48. The van der Waals surface area contributed by atoms with Gasteiger partial charge in [-0.25, -0.2) is 0 Å². The van der Waals surface area contributed by atoms with E-state index in [-0.39, 0.29) is 12.5 Å². The van der Waals surface area contributed by atoms with Crippen LogP contribution in [-0.4, -0.2) is 22.7 Å². The molecule has 0 aliphatic rings. The summed E-state index contributed by atoms with van der Waals surface area (Å²) in [4.78, 5) is 16.6. The molecule has 0 radical (unpaired) electrons. The van der Waals surface area contributed by atoms with Crippen molar-refractivity contribution in [1.82, 2.24) is 15.5 Å². The van der Waals surface area contributed by atoms with Crippen molar-refractivity contribution in [3.63, 3.8) is 0 Å². The Balaban J connectivity index is 1.43. The largest absolute Gasteiger partial charge is 0.483 e. The summed E-state index contributed by atoms with van der Waals surface area (Å²) in [6.45, 7) is 0.325. The van der Waals surface area contributed by atoms with Crippen LogP contribution in [0.2, 0.25) is 5.02 Å². The van der Waals surface area contributed by atoms with Gasteiger partial charge < -0.3 is 14.6 Å². The number of para-hydroxylation sites is 1. The number of nitrogens with zero attached hydrogens (tertiary/aromatic N) is 2. The lowest BCUT2D eigenvalue weighted by atomic mass is 10.2. The minimum absolute atomic E-state index is 0.119. The summed E-state index contributed by atoms with van der Waals surface area (Å²) in [7, 11) is 0. The van der Waals surface area contributed by atoms with Crippen LogP contribution in [0.5, 0.6) is 5.75 Å². The van der Waals surface area contributed by atoms with Gasteiger partial charge in [0, 0.05) is 17.1 Å². The van der Waals surface area contributed by atoms with Gasteiger partial charge in [-0.2, -0.15) is 4.98 Å². The van der Waals surface area contributed by atoms with Gasteiger partial charge in [0.1, 0.15) is 5.75 Å². The van der Waals surface area contributed by atoms with Crippen molar-refractivity contribution in [3.8, 4) is 28.6 Å². The van der Waals surface area contributed by atoms with E-state index in [0.717, 1.165) is 11.1 Å². The second-order valence-corrected chi connectivity index (χ2v) is 6.91. The minimum Gasteiger partial charge on any atom is -0.483 e. The number of ether oxygens (including phenoxy) is 1. The lowest BCUT2D eigenvalue weighted by molar-refractivity contribution is -0.123. The van der Waals surface area contributed by atoms with E-state index < -0.39 is 0 Å². The van der Waals surface area contributed by atoms with Gasteiger partial charge in [0.05, 0.1) is 5.56 Å². The van der Waals surface area contributed by atoms with E-state index in [4.69, 9.17) is 20.9 Å². The van der Waals surface area contributed by atoms with Crippen molar-refractivity contribution >= 4 is 17.5 Å². The average molecular weight is 420 g/mol. The molecule has 4 rings (SSSR count). The van der Waals surface area contributed by atoms with Gasteiger partial charge in [0.25, 0.3) is 11.8 Å². The Hall–Kier alpha value is -3.64. The average Bonchev–Trinajstić information content (AvgIpc) is 3.28. The molecular weight excluding hydrogens is 402 g/mol. The van der Waals surface area contributed by atoms with Crippen LogP contribution in [0.15, 0.2) is 83.4 Å². The lowest BCUT2D eigenvalue weighted by Crippen LogP contribution is -2.28. The molecule has 0 saturated carbocycles. The third kappa shape index (κ3) is 4.85. The Morgan fingerprint density at radius 1 is 0.967 bits per heavy atom. The molecule has 0 saturated heterocycles. The first-order valence-electron chi connectivity index (χ1n) is 9.31. The number of carbonyl (C=O) groups excluding carboxylic acids is 1. The highest BCUT2D eigenvalue weighted by Crippen LogP contribution is 2.29. The number of nitrogens with one attached hydrogen (secondary N) is 1. The number of rotatable bonds is 7. The van der Waals surface area contributed by atoms with Crippen LogP contribution in [0.25, 0.3) is 22.8 Å². The van der Waals surface area contributed by atoms with E-state index in [1.54, 1.807) is 30.3 Å². The van der Waals surface area contributed by atoms with Crippen LogP contribution in [0.1, 0.15) is 5.56 Å². The van der Waals surface area contributed by atoms with Gasteiger partial charge in [0.2, 0.25) is 5.82 Å². The standard InChI is InChI=1S/C23H18ClN3O3/c24-18-12-10-17(11-13-18)23-26-22(27-30-23)19-8-4-5-9-20(19)29-15-21(28)25-14-16-6-2-1-3-7-16/h1-13H,14-15H2,(H,25,28). The van der Waals surface area contributed by atoms with Crippen LogP contribution in [-0.2, 0) is 11.3 Å². The molecule has 0 bridgehead atoms. The number of hydrogen-bond donors (Lipinski definition) is 1. The van der Waals surface area contributed by atoms with E-state index in [9.17, 15) is 4.79 Å². The SMILES string of the molecule is O=C(COc1ccccc1-c1noc(-c2ccc(Cl)cc2)n1)NCc1ccccc1. The maximum Gasteiger partial charge on any atom is 0.258 e. The van der Waals surface area contributed by atoms with Crippen LogP contribution in [0.4, 0.5) is 0 Å². The Labute approximate surface area is 178 Å². The molecule has 0 atom stereocenters. The smallest absolute Gasteiger partial charge is 0.258 e. The monoisotopic (exact) mass is 419 g/mol. The summed E-state index contributed by atoms with van der Waals surface area (Å²) in [6, 6.07) is 24.0. The summed E-state index contributed by atoms with van der Waals surface area (Å²) < 4.78 is 11.1. The Bertz CT molecular complexity index is 1130. The van der Waals surface area contributed by atoms with Crippen molar-refractivity contribution in [3.05, 3.63) is 89.4 Å². The van der Waals surface area contributed by atoms with Crippen LogP contribution in [0.3, 0.4) is 0 Å². The topological polar surface area (TPSA) is 77.2 Å². The lowest BCUT2D eigenvalue weighted by Gasteiger charge is -2.10. The molecule has 6 nitrogen and oxygen atoms in total. The fourth-order valence-corrected chi connectivity index (χ4v) is 2.94. The van der Waals surface area contributed by atoms with Gasteiger partial charge in [-0.3, -0.25) is 4.79 Å². The molecule has 1 heterocycles. The summed E-state index contributed by atoms with van der Waals surface area (Å²) in [5.74, 6) is 1.02. The zero-order valence-electron chi connectivity index (χ0n) is 15.9. The predicted octanol–water partition coefficient (Wildman–Crippen LogP) is 4.75. The summed E-state index contributed by atoms with van der Waals surface area (Å²) in [5.41, 5.74) is 2.42. The molecule has 1 aromatic heterocycles. The van der Waals surface area contributed by atoms with Crippen molar-refractivity contribution < 1.29 is 14.1 Å². The number of aromatic nitrogens is 2. The van der Waals surface area contributed by atoms with E-state index in [0.29, 0.717) is 34.6 Å². The van der Waals surface area contributed by atoms with Crippen molar-refractivity contribution in [2.75, 3.05) is 6.61 Å². The number of hydrogen-bond acceptors (Lipinski definition) is 5. The number of carbonyl (C=O) groups is 1. The number of halogens is 1. The molecular formula is C23H18ClN3O3. The highest BCUT2D eigenvalue weighted by atomic mass is 35.5. The van der Waals surface area contributed by atoms with Crippen molar-refractivity contribution in [1.29, 1.82) is 0 Å². The van der Waals surface area contributed by atoms with Gasteiger partial charge >= 0.3 is 0 Å². The highest BCUT2D eigenvalue weighted by molar-refractivity contribution is 6.30. The van der Waals surface area contributed by atoms with E-state index in [1.165, 1.54) is 0 Å². The van der Waals surface area contributed by atoms with Crippen molar-refractivity contribution in [2.45, 2.75) is 6.54 Å². The molecule has 0 unspecified atom stereocenters. The van der Waals surface area contributed by atoms with Crippen LogP contribution < -0.4 is 10.1 Å². The molecule has 4 aromatic rings. The van der Waals surface area contributed by atoms with Crippen LogP contribution >= 0.6 is 11.6 Å². The molecule has 1 amide bonds. The number of benzene rings is 3. The van der Waals surface area contributed by atoms with Gasteiger partial charge in [-0.1, -0.05) is 59.2 Å². The molecule has 0 spiro atoms. The summed E-state index contributed by atoms with van der Waals surface area (Å²) >= 11 is 5.92. The molecule has 0 aliphatic heterocycles. The maximum absolute atomic E-state index is 12.2. The fraction of sp³-hybridized carbons (Fsp3) is 0.0870. The predicted molar refractivity (Wildman–Crippen MR) is 114 cm³/mol. The third-order valence-electron chi connectivity index (χ3n) is 4.34. The van der Waals surface area contributed by atoms with E-state index in [1.807, 2.05) is 48.5 Å². The third-order valence-corrected chi connectivity index (χ3v) is 4.59. The quantitative estimate of drug-likeness (QED) is 0.467. The Morgan fingerprint density at radius 2 is 1.70 bits per heavy atom. The van der Waals surface area contributed by atoms with E-state index >= 15 is 0 Å². The second kappa shape index (κ2) is 9.24. The minimum atomic E-state index is -0.219. The van der Waals surface area contributed by atoms with E-state index in [2.05, 4.69) is 15.5 Å². The summed E-state index contributed by atoms with van der Waals surface area (Å²) in [6.07, 6.45) is 0. The molecule has 30 heavy (non-hydrogen) atoms. The fourth-order valence-electron chi connectivity index (χ4n) is 2.81. The molecule has 0 aliphatic carbocycles. The summed E-state index contributed by atoms with van der Waals surface area (Å²) in [5, 5.41) is 7.51. The first kappa shape index (κ1) is 19.7. The molecule has 1 N–H and O–H groups in total.